The van der Waals surface area contributed by atoms with Gasteiger partial charge in [0.05, 0.1) is 11.1 Å². The smallest absolute Gasteiger partial charge is 0.335 e. The van der Waals surface area contributed by atoms with Crippen LogP contribution in [-0.4, -0.2) is 32.1 Å². The minimum absolute atomic E-state index is 0.223. The third-order valence-electron chi connectivity index (χ3n) is 4.29. The number of hydrogen-bond acceptors (Lipinski definition) is 4. The number of hydrogen-bond donors (Lipinski definition) is 2. The van der Waals surface area contributed by atoms with Gasteiger partial charge in [-0.15, -0.1) is 0 Å². The van der Waals surface area contributed by atoms with Gasteiger partial charge in [0, 0.05) is 24.8 Å². The first-order chi connectivity index (χ1) is 14.5. The van der Waals surface area contributed by atoms with E-state index in [4.69, 9.17) is 10.2 Å². The van der Waals surface area contributed by atoms with Gasteiger partial charge >= 0.3 is 11.9 Å². The fraction of sp³-hybridized carbons (Fsp3) is 0. The summed E-state index contributed by atoms with van der Waals surface area (Å²) in [5, 5.41) is 17.6. The highest BCUT2D eigenvalue weighted by molar-refractivity contribution is 5.89. The van der Waals surface area contributed by atoms with Crippen molar-refractivity contribution in [1.29, 1.82) is 0 Å². The zero-order valence-corrected chi connectivity index (χ0v) is 15.8. The lowest BCUT2D eigenvalue weighted by molar-refractivity contribution is 0.0686. The molecule has 0 saturated heterocycles. The Morgan fingerprint density at radius 3 is 1.00 bits per heavy atom. The Hall–Kier alpha value is -4.32. The molecular formula is C24H18N2O4. The number of carboxylic acid groups (broad SMARTS) is 2. The van der Waals surface area contributed by atoms with Crippen molar-refractivity contribution >= 4 is 11.9 Å². The molecular weight excluding hydrogens is 380 g/mol. The van der Waals surface area contributed by atoms with E-state index in [1.54, 1.807) is 49.1 Å². The zero-order chi connectivity index (χ0) is 21.3. The normalized spacial score (nSPS) is 9.87. The average Bonchev–Trinajstić information content (AvgIpc) is 2.81. The fourth-order valence-electron chi connectivity index (χ4n) is 2.70. The number of rotatable bonds is 4. The molecule has 2 aromatic heterocycles. The molecule has 0 amide bonds. The summed E-state index contributed by atoms with van der Waals surface area (Å²) in [7, 11) is 0. The lowest BCUT2D eigenvalue weighted by Gasteiger charge is -2.03. The van der Waals surface area contributed by atoms with Crippen LogP contribution in [0.15, 0.2) is 97.6 Å². The molecule has 0 atom stereocenters. The number of pyridine rings is 2. The van der Waals surface area contributed by atoms with Crippen LogP contribution in [-0.2, 0) is 0 Å². The molecule has 6 heteroatoms. The van der Waals surface area contributed by atoms with Crippen molar-refractivity contribution in [2.45, 2.75) is 0 Å². The Bertz CT molecular complexity index is 1020. The number of carboxylic acids is 2. The van der Waals surface area contributed by atoms with Gasteiger partial charge in [0.2, 0.25) is 0 Å². The van der Waals surface area contributed by atoms with Crippen LogP contribution in [0.4, 0.5) is 0 Å². The maximum absolute atomic E-state index is 10.7. The van der Waals surface area contributed by atoms with E-state index in [2.05, 4.69) is 9.97 Å². The van der Waals surface area contributed by atoms with Crippen LogP contribution in [0.3, 0.4) is 0 Å². The average molecular weight is 398 g/mol. The van der Waals surface area contributed by atoms with Crippen LogP contribution in [0.2, 0.25) is 0 Å². The molecule has 0 unspecified atom stereocenters. The summed E-state index contributed by atoms with van der Waals surface area (Å²) >= 11 is 0. The Morgan fingerprint density at radius 2 is 0.733 bits per heavy atom. The summed E-state index contributed by atoms with van der Waals surface area (Å²) in [6.45, 7) is 0. The molecule has 0 fully saturated rings. The fourth-order valence-corrected chi connectivity index (χ4v) is 2.70. The van der Waals surface area contributed by atoms with E-state index in [0.29, 0.717) is 0 Å². The monoisotopic (exact) mass is 398 g/mol. The molecule has 4 rings (SSSR count). The van der Waals surface area contributed by atoms with Gasteiger partial charge in [-0.25, -0.2) is 9.59 Å². The van der Waals surface area contributed by atoms with Crippen molar-refractivity contribution in [2.24, 2.45) is 0 Å². The predicted molar refractivity (Wildman–Crippen MR) is 113 cm³/mol. The molecule has 0 aliphatic rings. The van der Waals surface area contributed by atoms with E-state index in [0.717, 1.165) is 11.1 Å². The van der Waals surface area contributed by atoms with Gasteiger partial charge in [-0.05, 0) is 70.8 Å². The van der Waals surface area contributed by atoms with Gasteiger partial charge in [0.1, 0.15) is 0 Å². The van der Waals surface area contributed by atoms with Crippen molar-refractivity contribution in [1.82, 2.24) is 9.97 Å². The summed E-state index contributed by atoms with van der Waals surface area (Å²) < 4.78 is 0. The standard InChI is InChI=1S/C14H10O4.C10H8N2/c15-13(16)11-5-1-9(2-6-11)10-3-7-12(8-4-10)14(17)18;1-5-11-6-2-9(1)10-3-7-12-8-4-10/h1-8H,(H,15,16)(H,17,18);1-8H. The molecule has 30 heavy (non-hydrogen) atoms. The number of nitrogens with zero attached hydrogens (tertiary/aromatic N) is 2. The van der Waals surface area contributed by atoms with Crippen molar-refractivity contribution in [2.75, 3.05) is 0 Å². The lowest BCUT2D eigenvalue weighted by atomic mass is 10.0. The summed E-state index contributed by atoms with van der Waals surface area (Å²) in [4.78, 5) is 29.3. The molecule has 0 saturated carbocycles. The van der Waals surface area contributed by atoms with E-state index in [1.165, 1.54) is 35.4 Å². The Morgan fingerprint density at radius 1 is 0.467 bits per heavy atom. The summed E-state index contributed by atoms with van der Waals surface area (Å²) in [6.07, 6.45) is 7.15. The summed E-state index contributed by atoms with van der Waals surface area (Å²) in [5.74, 6) is -1.94. The minimum atomic E-state index is -0.970. The topological polar surface area (TPSA) is 100 Å². The molecule has 2 N–H and O–H groups in total. The summed E-state index contributed by atoms with van der Waals surface area (Å²) in [5.41, 5.74) is 4.48. The van der Waals surface area contributed by atoms with Gasteiger partial charge in [0.25, 0.3) is 0 Å². The molecule has 2 heterocycles. The van der Waals surface area contributed by atoms with E-state index >= 15 is 0 Å². The second kappa shape index (κ2) is 9.75. The first-order valence-corrected chi connectivity index (χ1v) is 9.02. The van der Waals surface area contributed by atoms with Crippen LogP contribution < -0.4 is 0 Å². The van der Waals surface area contributed by atoms with Crippen LogP contribution in [0.5, 0.6) is 0 Å². The Balaban J connectivity index is 0.000000184. The molecule has 148 valence electrons. The maximum Gasteiger partial charge on any atom is 0.335 e. The molecule has 0 aliphatic carbocycles. The number of carbonyl (C=O) groups is 2. The van der Waals surface area contributed by atoms with E-state index in [9.17, 15) is 9.59 Å². The van der Waals surface area contributed by atoms with E-state index in [1.807, 2.05) is 24.3 Å². The molecule has 4 aromatic rings. The number of aromatic carboxylic acids is 2. The molecule has 2 aromatic carbocycles. The highest BCUT2D eigenvalue weighted by Gasteiger charge is 2.05. The van der Waals surface area contributed by atoms with Crippen LogP contribution >= 0.6 is 0 Å². The van der Waals surface area contributed by atoms with Gasteiger partial charge in [-0.3, -0.25) is 9.97 Å². The minimum Gasteiger partial charge on any atom is -0.478 e. The highest BCUT2D eigenvalue weighted by Crippen LogP contribution is 2.20. The second-order valence-corrected chi connectivity index (χ2v) is 6.24. The SMILES string of the molecule is O=C(O)c1ccc(-c2ccc(C(=O)O)cc2)cc1.c1cc(-c2ccncc2)ccn1. The summed E-state index contributed by atoms with van der Waals surface area (Å²) in [6, 6.07) is 20.8. The molecule has 0 bridgehead atoms. The van der Waals surface area contributed by atoms with Gasteiger partial charge in [-0.2, -0.15) is 0 Å². The largest absolute Gasteiger partial charge is 0.478 e. The van der Waals surface area contributed by atoms with E-state index in [-0.39, 0.29) is 11.1 Å². The van der Waals surface area contributed by atoms with Crippen molar-refractivity contribution in [3.8, 4) is 22.3 Å². The maximum atomic E-state index is 10.7. The third-order valence-corrected chi connectivity index (χ3v) is 4.29. The van der Waals surface area contributed by atoms with Gasteiger partial charge in [-0.1, -0.05) is 24.3 Å². The molecule has 0 spiro atoms. The van der Waals surface area contributed by atoms with Crippen LogP contribution in [0.1, 0.15) is 20.7 Å². The van der Waals surface area contributed by atoms with Crippen molar-refractivity contribution < 1.29 is 19.8 Å². The highest BCUT2D eigenvalue weighted by atomic mass is 16.4. The first-order valence-electron chi connectivity index (χ1n) is 9.02. The van der Waals surface area contributed by atoms with Gasteiger partial charge in [0.15, 0.2) is 0 Å². The second-order valence-electron chi connectivity index (χ2n) is 6.24. The quantitative estimate of drug-likeness (QED) is 0.507. The first kappa shape index (κ1) is 20.4. The molecule has 0 radical (unpaired) electrons. The van der Waals surface area contributed by atoms with Crippen LogP contribution in [0, 0.1) is 0 Å². The Kier molecular flexibility index (Phi) is 6.63. The van der Waals surface area contributed by atoms with Crippen molar-refractivity contribution in [3.05, 3.63) is 109 Å². The number of aromatic nitrogens is 2. The van der Waals surface area contributed by atoms with Gasteiger partial charge < -0.3 is 10.2 Å². The lowest BCUT2D eigenvalue weighted by Crippen LogP contribution is -1.96. The molecule has 6 nitrogen and oxygen atoms in total. The molecule has 0 aliphatic heterocycles. The zero-order valence-electron chi connectivity index (χ0n) is 15.8. The number of benzene rings is 2. The Labute approximate surface area is 173 Å². The third kappa shape index (κ3) is 5.36. The predicted octanol–water partition coefficient (Wildman–Crippen LogP) is 4.89. The van der Waals surface area contributed by atoms with E-state index < -0.39 is 11.9 Å². The van der Waals surface area contributed by atoms with Crippen molar-refractivity contribution in [3.63, 3.8) is 0 Å². The van der Waals surface area contributed by atoms with Crippen LogP contribution in [0.25, 0.3) is 22.3 Å².